The fourth-order valence-electron chi connectivity index (χ4n) is 2.07. The second-order valence-corrected chi connectivity index (χ2v) is 4.61. The van der Waals surface area contributed by atoms with Crippen LogP contribution in [0.3, 0.4) is 0 Å². The standard InChI is InChI=1S/C13H20N4O/c1-16(7-11(14)10-18-2)8-12-9-17-6-4-3-5-13(17)15-12/h3-6,9,11H,7-8,10,14H2,1-2H3. The molecule has 0 aliphatic rings. The Morgan fingerprint density at radius 1 is 1.50 bits per heavy atom. The van der Waals surface area contributed by atoms with Crippen LogP contribution in [0.1, 0.15) is 5.69 Å². The van der Waals surface area contributed by atoms with Gasteiger partial charge in [-0.3, -0.25) is 4.90 Å². The number of aromatic nitrogens is 2. The van der Waals surface area contributed by atoms with Crippen molar-refractivity contribution in [2.75, 3.05) is 27.3 Å². The normalized spacial score (nSPS) is 13.3. The second-order valence-electron chi connectivity index (χ2n) is 4.61. The maximum Gasteiger partial charge on any atom is 0.137 e. The van der Waals surface area contributed by atoms with E-state index in [0.717, 1.165) is 24.4 Å². The van der Waals surface area contributed by atoms with E-state index < -0.39 is 0 Å². The third kappa shape index (κ3) is 3.29. The van der Waals surface area contributed by atoms with E-state index in [9.17, 15) is 0 Å². The number of imidazole rings is 1. The van der Waals surface area contributed by atoms with Crippen molar-refractivity contribution in [1.29, 1.82) is 0 Å². The summed E-state index contributed by atoms with van der Waals surface area (Å²) in [5.74, 6) is 0. The van der Waals surface area contributed by atoms with Crippen LogP contribution in [-0.2, 0) is 11.3 Å². The van der Waals surface area contributed by atoms with Crippen molar-refractivity contribution < 1.29 is 4.74 Å². The van der Waals surface area contributed by atoms with Gasteiger partial charge in [-0.05, 0) is 19.2 Å². The maximum absolute atomic E-state index is 5.92. The Labute approximate surface area is 107 Å². The average molecular weight is 248 g/mol. The van der Waals surface area contributed by atoms with Crippen LogP contribution in [0.2, 0.25) is 0 Å². The monoisotopic (exact) mass is 248 g/mol. The number of rotatable bonds is 6. The number of hydrogen-bond donors (Lipinski definition) is 1. The van der Waals surface area contributed by atoms with E-state index in [1.54, 1.807) is 7.11 Å². The highest BCUT2D eigenvalue weighted by Gasteiger charge is 2.09. The molecular weight excluding hydrogens is 228 g/mol. The zero-order chi connectivity index (χ0) is 13.0. The van der Waals surface area contributed by atoms with E-state index in [2.05, 4.69) is 9.88 Å². The molecule has 0 spiro atoms. The van der Waals surface area contributed by atoms with Gasteiger partial charge < -0.3 is 14.9 Å². The summed E-state index contributed by atoms with van der Waals surface area (Å²) >= 11 is 0. The first-order chi connectivity index (χ1) is 8.69. The van der Waals surface area contributed by atoms with Gasteiger partial charge in [-0.25, -0.2) is 4.98 Å². The fraction of sp³-hybridized carbons (Fsp3) is 0.462. The molecule has 2 N–H and O–H groups in total. The molecular formula is C13H20N4O. The molecule has 0 radical (unpaired) electrons. The number of nitrogens with zero attached hydrogens (tertiary/aromatic N) is 3. The van der Waals surface area contributed by atoms with Crippen LogP contribution >= 0.6 is 0 Å². The van der Waals surface area contributed by atoms with Crippen molar-refractivity contribution in [2.24, 2.45) is 5.73 Å². The molecule has 1 atom stereocenters. The highest BCUT2D eigenvalue weighted by Crippen LogP contribution is 2.06. The quantitative estimate of drug-likeness (QED) is 0.819. The van der Waals surface area contributed by atoms with Crippen molar-refractivity contribution >= 4 is 5.65 Å². The molecule has 0 saturated heterocycles. The summed E-state index contributed by atoms with van der Waals surface area (Å²) in [6.07, 6.45) is 4.05. The highest BCUT2D eigenvalue weighted by atomic mass is 16.5. The lowest BCUT2D eigenvalue weighted by atomic mass is 10.3. The predicted octanol–water partition coefficient (Wildman–Crippen LogP) is 0.740. The van der Waals surface area contributed by atoms with E-state index in [0.29, 0.717) is 6.61 Å². The van der Waals surface area contributed by atoms with E-state index in [1.807, 2.05) is 42.0 Å². The molecule has 2 heterocycles. The first-order valence-electron chi connectivity index (χ1n) is 6.04. The van der Waals surface area contributed by atoms with Gasteiger partial charge in [0.25, 0.3) is 0 Å². The summed E-state index contributed by atoms with van der Waals surface area (Å²) in [6, 6.07) is 6.03. The smallest absolute Gasteiger partial charge is 0.137 e. The van der Waals surface area contributed by atoms with E-state index in [-0.39, 0.29) is 6.04 Å². The zero-order valence-corrected chi connectivity index (χ0v) is 10.9. The molecule has 2 aromatic heterocycles. The van der Waals surface area contributed by atoms with Gasteiger partial charge in [0.1, 0.15) is 5.65 Å². The number of likely N-dealkylation sites (N-methyl/N-ethyl adjacent to an activating group) is 1. The third-order valence-corrected chi connectivity index (χ3v) is 2.77. The van der Waals surface area contributed by atoms with Crippen LogP contribution in [0, 0.1) is 0 Å². The predicted molar refractivity (Wildman–Crippen MR) is 71.4 cm³/mol. The van der Waals surface area contributed by atoms with Crippen LogP contribution in [0.4, 0.5) is 0 Å². The summed E-state index contributed by atoms with van der Waals surface area (Å²) in [5, 5.41) is 0. The van der Waals surface area contributed by atoms with Gasteiger partial charge in [-0.2, -0.15) is 0 Å². The molecule has 5 nitrogen and oxygen atoms in total. The summed E-state index contributed by atoms with van der Waals surface area (Å²) in [5.41, 5.74) is 7.95. The molecule has 0 amide bonds. The lowest BCUT2D eigenvalue weighted by Crippen LogP contribution is -2.38. The zero-order valence-electron chi connectivity index (χ0n) is 10.9. The SMILES string of the molecule is COCC(N)CN(C)Cc1cn2ccccc2n1. The van der Waals surface area contributed by atoms with Crippen molar-refractivity contribution in [3.05, 3.63) is 36.3 Å². The minimum atomic E-state index is 0.0389. The van der Waals surface area contributed by atoms with Gasteiger partial charge in [0.15, 0.2) is 0 Å². The number of methoxy groups -OCH3 is 1. The summed E-state index contributed by atoms with van der Waals surface area (Å²) in [7, 11) is 3.71. The lowest BCUT2D eigenvalue weighted by molar-refractivity contribution is 0.159. The Balaban J connectivity index is 1.96. The minimum Gasteiger partial charge on any atom is -0.383 e. The van der Waals surface area contributed by atoms with Crippen molar-refractivity contribution in [1.82, 2.24) is 14.3 Å². The van der Waals surface area contributed by atoms with Crippen LogP contribution in [0.15, 0.2) is 30.6 Å². The van der Waals surface area contributed by atoms with Crippen LogP contribution in [-0.4, -0.2) is 47.6 Å². The van der Waals surface area contributed by atoms with Crippen molar-refractivity contribution in [3.8, 4) is 0 Å². The first kappa shape index (κ1) is 13.0. The van der Waals surface area contributed by atoms with Gasteiger partial charge >= 0.3 is 0 Å². The van der Waals surface area contributed by atoms with E-state index in [1.165, 1.54) is 0 Å². The molecule has 0 fully saturated rings. The Morgan fingerprint density at radius 3 is 3.06 bits per heavy atom. The Kier molecular flexibility index (Phi) is 4.30. The largest absolute Gasteiger partial charge is 0.383 e. The fourth-order valence-corrected chi connectivity index (χ4v) is 2.07. The molecule has 1 unspecified atom stereocenters. The molecule has 2 aromatic rings. The molecule has 5 heteroatoms. The molecule has 0 saturated carbocycles. The molecule has 18 heavy (non-hydrogen) atoms. The number of fused-ring (bicyclic) bond motifs is 1. The molecule has 0 aliphatic carbocycles. The van der Waals surface area contributed by atoms with Crippen molar-refractivity contribution in [3.63, 3.8) is 0 Å². The Bertz CT molecular complexity index is 463. The summed E-state index contributed by atoms with van der Waals surface area (Å²) < 4.78 is 7.06. The van der Waals surface area contributed by atoms with Gasteiger partial charge in [0.2, 0.25) is 0 Å². The van der Waals surface area contributed by atoms with Gasteiger partial charge in [-0.1, -0.05) is 6.07 Å². The summed E-state index contributed by atoms with van der Waals surface area (Å²) in [4.78, 5) is 6.71. The van der Waals surface area contributed by atoms with Crippen LogP contribution < -0.4 is 5.73 Å². The van der Waals surface area contributed by atoms with Crippen LogP contribution in [0.5, 0.6) is 0 Å². The molecule has 98 valence electrons. The second kappa shape index (κ2) is 5.95. The number of hydrogen-bond acceptors (Lipinski definition) is 4. The lowest BCUT2D eigenvalue weighted by Gasteiger charge is -2.19. The first-order valence-corrected chi connectivity index (χ1v) is 6.04. The third-order valence-electron chi connectivity index (χ3n) is 2.77. The number of ether oxygens (including phenoxy) is 1. The van der Waals surface area contributed by atoms with Gasteiger partial charge in [-0.15, -0.1) is 0 Å². The average Bonchev–Trinajstić information content (AvgIpc) is 2.70. The van der Waals surface area contributed by atoms with Crippen LogP contribution in [0.25, 0.3) is 5.65 Å². The number of nitrogens with two attached hydrogens (primary N) is 1. The topological polar surface area (TPSA) is 55.8 Å². The van der Waals surface area contributed by atoms with Gasteiger partial charge in [0, 0.05) is 38.6 Å². The van der Waals surface area contributed by atoms with Crippen molar-refractivity contribution in [2.45, 2.75) is 12.6 Å². The Hall–Kier alpha value is -1.43. The maximum atomic E-state index is 5.92. The van der Waals surface area contributed by atoms with E-state index in [4.69, 9.17) is 10.5 Å². The van der Waals surface area contributed by atoms with E-state index >= 15 is 0 Å². The molecule has 0 bridgehead atoms. The highest BCUT2D eigenvalue weighted by molar-refractivity contribution is 5.39. The molecule has 0 aliphatic heterocycles. The molecule has 0 aromatic carbocycles. The Morgan fingerprint density at radius 2 is 2.33 bits per heavy atom. The number of pyridine rings is 1. The molecule has 2 rings (SSSR count). The van der Waals surface area contributed by atoms with Gasteiger partial charge in [0.05, 0.1) is 12.3 Å². The summed E-state index contributed by atoms with van der Waals surface area (Å²) in [6.45, 7) is 2.16. The minimum absolute atomic E-state index is 0.0389.